The van der Waals surface area contributed by atoms with Crippen molar-refractivity contribution in [2.45, 2.75) is 12.8 Å². The smallest absolute Gasteiger partial charge is 0.143 e. The maximum Gasteiger partial charge on any atom is 0.143 e. The molecule has 1 aromatic carbocycles. The third-order valence-electron chi connectivity index (χ3n) is 3.42. The summed E-state index contributed by atoms with van der Waals surface area (Å²) in [6.45, 7) is 2.71. The van der Waals surface area contributed by atoms with Crippen LogP contribution in [-0.2, 0) is 4.74 Å². The molecule has 6 nitrogen and oxygen atoms in total. The van der Waals surface area contributed by atoms with Crippen LogP contribution < -0.4 is 5.32 Å². The molecule has 2 heterocycles. The van der Waals surface area contributed by atoms with Crippen molar-refractivity contribution < 1.29 is 4.74 Å². The van der Waals surface area contributed by atoms with Gasteiger partial charge in [0.1, 0.15) is 6.33 Å². The van der Waals surface area contributed by atoms with E-state index >= 15 is 0 Å². The predicted molar refractivity (Wildman–Crippen MR) is 71.2 cm³/mol. The van der Waals surface area contributed by atoms with Gasteiger partial charge in [-0.3, -0.25) is 0 Å². The maximum absolute atomic E-state index is 5.38. The summed E-state index contributed by atoms with van der Waals surface area (Å²) in [5, 5.41) is 14.8. The largest absolute Gasteiger partial charge is 0.383 e. The number of nitrogens with zero attached hydrogens (tertiary/aromatic N) is 4. The van der Waals surface area contributed by atoms with Crippen molar-refractivity contribution in [3.63, 3.8) is 0 Å². The zero-order valence-electron chi connectivity index (χ0n) is 10.7. The molecule has 0 unspecified atom stereocenters. The molecular weight excluding hydrogens is 242 g/mol. The monoisotopic (exact) mass is 259 g/mol. The van der Waals surface area contributed by atoms with E-state index < -0.39 is 0 Å². The Morgan fingerprint density at radius 2 is 2.11 bits per heavy atom. The number of hydrogen-bond acceptors (Lipinski definition) is 5. The van der Waals surface area contributed by atoms with Crippen LogP contribution in [0.25, 0.3) is 5.69 Å². The van der Waals surface area contributed by atoms with Crippen LogP contribution in [0.2, 0.25) is 0 Å². The molecule has 1 aliphatic heterocycles. The molecule has 0 aliphatic carbocycles. The fraction of sp³-hybridized carbons (Fsp3) is 0.462. The Balaban J connectivity index is 1.70. The van der Waals surface area contributed by atoms with E-state index in [0.29, 0.717) is 5.92 Å². The second-order valence-corrected chi connectivity index (χ2v) is 4.71. The molecule has 1 saturated heterocycles. The van der Waals surface area contributed by atoms with Gasteiger partial charge in [-0.05, 0) is 41.3 Å². The predicted octanol–water partition coefficient (Wildman–Crippen LogP) is 1.50. The van der Waals surface area contributed by atoms with Crippen molar-refractivity contribution >= 4 is 5.69 Å². The van der Waals surface area contributed by atoms with Crippen LogP contribution in [0.5, 0.6) is 0 Å². The van der Waals surface area contributed by atoms with E-state index in [4.69, 9.17) is 4.74 Å². The van der Waals surface area contributed by atoms with Gasteiger partial charge in [-0.15, -0.1) is 5.10 Å². The first-order valence-electron chi connectivity index (χ1n) is 6.57. The maximum atomic E-state index is 5.38. The fourth-order valence-electron chi connectivity index (χ4n) is 2.30. The number of para-hydroxylation sites is 2. The van der Waals surface area contributed by atoms with Crippen LogP contribution in [-0.4, -0.2) is 40.0 Å². The van der Waals surface area contributed by atoms with E-state index in [2.05, 4.69) is 26.9 Å². The Labute approximate surface area is 111 Å². The standard InChI is InChI=1S/C13H17N5O/c1-2-4-13(18-10-15-16-17-18)12(3-1)14-9-11-5-7-19-8-6-11/h1-4,10-11,14H,5-9H2. The number of hydrogen-bond donors (Lipinski definition) is 1. The molecule has 0 bridgehead atoms. The highest BCUT2D eigenvalue weighted by molar-refractivity contribution is 5.60. The second kappa shape index (κ2) is 5.79. The Morgan fingerprint density at radius 3 is 2.89 bits per heavy atom. The van der Waals surface area contributed by atoms with Crippen LogP contribution >= 0.6 is 0 Å². The van der Waals surface area contributed by atoms with Gasteiger partial charge >= 0.3 is 0 Å². The molecule has 0 atom stereocenters. The van der Waals surface area contributed by atoms with Gasteiger partial charge in [0.25, 0.3) is 0 Å². The Hall–Kier alpha value is -1.95. The van der Waals surface area contributed by atoms with Gasteiger partial charge in [0.05, 0.1) is 11.4 Å². The van der Waals surface area contributed by atoms with Crippen LogP contribution in [0.1, 0.15) is 12.8 Å². The summed E-state index contributed by atoms with van der Waals surface area (Å²) in [6.07, 6.45) is 3.86. The molecule has 2 aromatic rings. The lowest BCUT2D eigenvalue weighted by molar-refractivity contribution is 0.0699. The lowest BCUT2D eigenvalue weighted by atomic mass is 10.0. The van der Waals surface area contributed by atoms with Crippen molar-refractivity contribution in [3.05, 3.63) is 30.6 Å². The highest BCUT2D eigenvalue weighted by Crippen LogP contribution is 2.21. The van der Waals surface area contributed by atoms with Crippen molar-refractivity contribution in [1.29, 1.82) is 0 Å². The topological polar surface area (TPSA) is 64.9 Å². The van der Waals surface area contributed by atoms with Crippen molar-refractivity contribution in [3.8, 4) is 5.69 Å². The summed E-state index contributed by atoms with van der Waals surface area (Å²) in [5.41, 5.74) is 2.03. The van der Waals surface area contributed by atoms with Gasteiger partial charge in [-0.2, -0.15) is 4.68 Å². The SMILES string of the molecule is c1ccc(-n2cnnn2)c(NCC2CCOCC2)c1. The van der Waals surface area contributed by atoms with Crippen LogP contribution in [0.15, 0.2) is 30.6 Å². The van der Waals surface area contributed by atoms with Gasteiger partial charge in [0, 0.05) is 19.8 Å². The first-order valence-corrected chi connectivity index (χ1v) is 6.57. The number of nitrogens with one attached hydrogen (secondary N) is 1. The molecule has 1 fully saturated rings. The Bertz CT molecular complexity index is 508. The molecule has 0 saturated carbocycles. The van der Waals surface area contributed by atoms with Gasteiger partial charge < -0.3 is 10.1 Å². The summed E-state index contributed by atoms with van der Waals surface area (Å²) in [7, 11) is 0. The number of tetrazole rings is 1. The quantitative estimate of drug-likeness (QED) is 0.901. The normalized spacial score (nSPS) is 16.4. The Morgan fingerprint density at radius 1 is 1.26 bits per heavy atom. The van der Waals surface area contributed by atoms with Crippen LogP contribution in [0, 0.1) is 5.92 Å². The lowest BCUT2D eigenvalue weighted by Gasteiger charge is -2.23. The van der Waals surface area contributed by atoms with Gasteiger partial charge in [0.15, 0.2) is 0 Å². The molecular formula is C13H17N5O. The average Bonchev–Trinajstić information content (AvgIpc) is 3.01. The first-order chi connectivity index (χ1) is 9.43. The molecule has 0 amide bonds. The van der Waals surface area contributed by atoms with Crippen LogP contribution in [0.3, 0.4) is 0 Å². The van der Waals surface area contributed by atoms with Crippen molar-refractivity contribution in [1.82, 2.24) is 20.2 Å². The molecule has 3 rings (SSSR count). The number of benzene rings is 1. The van der Waals surface area contributed by atoms with E-state index in [9.17, 15) is 0 Å². The third kappa shape index (κ3) is 2.90. The van der Waals surface area contributed by atoms with E-state index in [1.54, 1.807) is 11.0 Å². The van der Waals surface area contributed by atoms with Gasteiger partial charge in [-0.1, -0.05) is 12.1 Å². The zero-order valence-corrected chi connectivity index (χ0v) is 10.7. The van der Waals surface area contributed by atoms with Crippen molar-refractivity contribution in [2.24, 2.45) is 5.92 Å². The second-order valence-electron chi connectivity index (χ2n) is 4.71. The number of ether oxygens (including phenoxy) is 1. The third-order valence-corrected chi connectivity index (χ3v) is 3.42. The molecule has 1 N–H and O–H groups in total. The number of aromatic nitrogens is 4. The number of rotatable bonds is 4. The molecule has 1 aliphatic rings. The molecule has 0 spiro atoms. The molecule has 19 heavy (non-hydrogen) atoms. The summed E-state index contributed by atoms with van der Waals surface area (Å²) in [5.74, 6) is 0.677. The minimum absolute atomic E-state index is 0.677. The Kier molecular flexibility index (Phi) is 3.69. The summed E-state index contributed by atoms with van der Waals surface area (Å²) in [4.78, 5) is 0. The zero-order chi connectivity index (χ0) is 12.9. The fourth-order valence-corrected chi connectivity index (χ4v) is 2.30. The van der Waals surface area contributed by atoms with E-state index in [1.807, 2.05) is 18.2 Å². The lowest BCUT2D eigenvalue weighted by Crippen LogP contribution is -2.23. The summed E-state index contributed by atoms with van der Waals surface area (Å²) >= 11 is 0. The van der Waals surface area contributed by atoms with Crippen LogP contribution in [0.4, 0.5) is 5.69 Å². The highest BCUT2D eigenvalue weighted by atomic mass is 16.5. The molecule has 0 radical (unpaired) electrons. The van der Waals surface area contributed by atoms with Crippen molar-refractivity contribution in [2.75, 3.05) is 25.1 Å². The molecule has 100 valence electrons. The first kappa shape index (κ1) is 12.1. The minimum atomic E-state index is 0.677. The highest BCUT2D eigenvalue weighted by Gasteiger charge is 2.14. The van der Waals surface area contributed by atoms with Gasteiger partial charge in [-0.25, -0.2) is 0 Å². The molecule has 6 heteroatoms. The molecule has 1 aromatic heterocycles. The van der Waals surface area contributed by atoms with Gasteiger partial charge in [0.2, 0.25) is 0 Å². The average molecular weight is 259 g/mol. The van der Waals surface area contributed by atoms with E-state index in [1.165, 1.54) is 0 Å². The van der Waals surface area contributed by atoms with E-state index in [-0.39, 0.29) is 0 Å². The van der Waals surface area contributed by atoms with E-state index in [0.717, 1.165) is 44.0 Å². The minimum Gasteiger partial charge on any atom is -0.383 e. The number of anilines is 1. The summed E-state index contributed by atoms with van der Waals surface area (Å²) < 4.78 is 7.05. The summed E-state index contributed by atoms with van der Waals surface area (Å²) in [6, 6.07) is 8.05.